The van der Waals surface area contributed by atoms with Crippen LogP contribution in [0.3, 0.4) is 0 Å². The number of nitrogens with zero attached hydrogens (tertiary/aromatic N) is 3. The van der Waals surface area contributed by atoms with Crippen molar-refractivity contribution in [3.8, 4) is 12.3 Å². The van der Waals surface area contributed by atoms with Gasteiger partial charge in [0.05, 0.1) is 17.3 Å². The van der Waals surface area contributed by atoms with Gasteiger partial charge in [0.15, 0.2) is 0 Å². The highest BCUT2D eigenvalue weighted by molar-refractivity contribution is 5.71. The van der Waals surface area contributed by atoms with E-state index in [1.54, 1.807) is 12.4 Å². The number of pyridine rings is 2. The monoisotopic (exact) mass is 363 g/mol. The zero-order valence-electron chi connectivity index (χ0n) is 16.7. The maximum Gasteiger partial charge on any atom is 0.130 e. The van der Waals surface area contributed by atoms with Gasteiger partial charge in [-0.15, -0.1) is 6.42 Å². The molecule has 0 unspecified atom stereocenters. The van der Waals surface area contributed by atoms with Gasteiger partial charge in [0.1, 0.15) is 5.82 Å². The Labute approximate surface area is 162 Å². The Kier molecular flexibility index (Phi) is 7.69. The Bertz CT molecular complexity index is 875. The molecular weight excluding hydrogens is 334 g/mol. The fraction of sp³-hybridized carbons (Fsp3) is 0.364. The molecule has 0 saturated heterocycles. The van der Waals surface area contributed by atoms with Crippen LogP contribution >= 0.6 is 0 Å². The summed E-state index contributed by atoms with van der Waals surface area (Å²) < 4.78 is 1.85. The molecule has 3 heterocycles. The molecule has 0 fully saturated rings. The summed E-state index contributed by atoms with van der Waals surface area (Å²) in [5.41, 5.74) is 3.86. The fourth-order valence-electron chi connectivity index (χ4n) is 2.63. The van der Waals surface area contributed by atoms with Gasteiger partial charge in [0.2, 0.25) is 0 Å². The van der Waals surface area contributed by atoms with Crippen LogP contribution in [0.15, 0.2) is 42.9 Å². The molecule has 5 nitrogen and oxygen atoms in total. The summed E-state index contributed by atoms with van der Waals surface area (Å²) in [6, 6.07) is 8.09. The van der Waals surface area contributed by atoms with Gasteiger partial charge >= 0.3 is 0 Å². The van der Waals surface area contributed by atoms with E-state index in [1.807, 2.05) is 36.7 Å². The smallest absolute Gasteiger partial charge is 0.130 e. The van der Waals surface area contributed by atoms with Gasteiger partial charge in [-0.05, 0) is 30.0 Å². The van der Waals surface area contributed by atoms with Crippen molar-refractivity contribution in [2.45, 2.75) is 40.7 Å². The average molecular weight is 364 g/mol. The molecule has 0 atom stereocenters. The van der Waals surface area contributed by atoms with Gasteiger partial charge in [-0.25, -0.2) is 4.52 Å². The average Bonchev–Trinajstić information content (AvgIpc) is 3.11. The first-order chi connectivity index (χ1) is 13.2. The van der Waals surface area contributed by atoms with Crippen LogP contribution in [0.25, 0.3) is 5.52 Å². The lowest BCUT2D eigenvalue weighted by atomic mass is 10.1. The first kappa shape index (κ1) is 20.3. The summed E-state index contributed by atoms with van der Waals surface area (Å²) >= 11 is 0. The number of aromatic nitrogens is 3. The maximum absolute atomic E-state index is 5.61. The largest absolute Gasteiger partial charge is 0.385 e. The van der Waals surface area contributed by atoms with E-state index < -0.39 is 0 Å². The number of nitrogens with one attached hydrogen (secondary N) is 2. The zero-order chi connectivity index (χ0) is 19.6. The van der Waals surface area contributed by atoms with Crippen molar-refractivity contribution >= 4 is 17.0 Å². The van der Waals surface area contributed by atoms with Crippen LogP contribution in [-0.4, -0.2) is 21.1 Å². The van der Waals surface area contributed by atoms with E-state index in [-0.39, 0.29) is 0 Å². The Morgan fingerprint density at radius 1 is 1.19 bits per heavy atom. The van der Waals surface area contributed by atoms with E-state index in [0.717, 1.165) is 41.1 Å². The third-order valence-corrected chi connectivity index (χ3v) is 4.02. The summed E-state index contributed by atoms with van der Waals surface area (Å²) in [4.78, 5) is 4.15. The van der Waals surface area contributed by atoms with Crippen molar-refractivity contribution in [1.82, 2.24) is 14.6 Å². The number of terminal acetylenes is 1. The van der Waals surface area contributed by atoms with Crippen LogP contribution in [0.4, 0.5) is 11.5 Å². The molecule has 5 heteroatoms. The second-order valence-electron chi connectivity index (χ2n) is 6.45. The second-order valence-corrected chi connectivity index (χ2v) is 6.45. The molecule has 0 aliphatic carbocycles. The number of hydrogen-bond donors (Lipinski definition) is 2. The third-order valence-electron chi connectivity index (χ3n) is 4.02. The second kappa shape index (κ2) is 10.2. The molecule has 2 N–H and O–H groups in total. The Morgan fingerprint density at radius 2 is 2.00 bits per heavy atom. The molecule has 0 spiro atoms. The minimum absolute atomic E-state index is 0.663. The SMILES string of the molecule is C#Cc1cnn2c(NCc3cccnc3)cc(NCCC(C)C)cc12.CC. The van der Waals surface area contributed by atoms with Crippen LogP contribution in [0.2, 0.25) is 0 Å². The Morgan fingerprint density at radius 3 is 2.67 bits per heavy atom. The van der Waals surface area contributed by atoms with Crippen LogP contribution in [0.1, 0.15) is 45.2 Å². The quantitative estimate of drug-likeness (QED) is 0.592. The highest BCUT2D eigenvalue weighted by Gasteiger charge is 2.09. The predicted octanol–water partition coefficient (Wildman–Crippen LogP) is 4.81. The van der Waals surface area contributed by atoms with Crippen molar-refractivity contribution < 1.29 is 0 Å². The number of hydrogen-bond acceptors (Lipinski definition) is 4. The lowest BCUT2D eigenvalue weighted by Crippen LogP contribution is -2.09. The molecule has 3 rings (SSSR count). The molecule has 0 amide bonds. The lowest BCUT2D eigenvalue weighted by Gasteiger charge is -2.13. The summed E-state index contributed by atoms with van der Waals surface area (Å²) in [6.07, 6.45) is 12.1. The molecule has 0 radical (unpaired) electrons. The molecule has 3 aromatic heterocycles. The summed E-state index contributed by atoms with van der Waals surface area (Å²) in [5, 5.41) is 11.3. The highest BCUT2D eigenvalue weighted by Crippen LogP contribution is 2.23. The van der Waals surface area contributed by atoms with E-state index in [1.165, 1.54) is 0 Å². The third kappa shape index (κ3) is 5.49. The molecule has 0 saturated carbocycles. The standard InChI is InChI=1S/C20H23N5.C2H6/c1-4-17-14-24-25-19(17)10-18(22-9-7-15(2)3)11-20(25)23-13-16-6-5-8-21-12-16;1-2/h1,5-6,8,10-12,14-15,22-23H,7,9,13H2,2-3H3;1-2H3. The van der Waals surface area contributed by atoms with Gasteiger partial charge in [0, 0.05) is 37.2 Å². The minimum Gasteiger partial charge on any atom is -0.385 e. The molecular formula is C22H29N5. The van der Waals surface area contributed by atoms with Crippen LogP contribution in [0.5, 0.6) is 0 Å². The Balaban J connectivity index is 0.00000126. The topological polar surface area (TPSA) is 54.2 Å². The number of rotatable bonds is 7. The van der Waals surface area contributed by atoms with Gasteiger partial charge in [-0.3, -0.25) is 4.98 Å². The lowest BCUT2D eigenvalue weighted by molar-refractivity contribution is 0.607. The van der Waals surface area contributed by atoms with Crippen molar-refractivity contribution in [2.75, 3.05) is 17.2 Å². The minimum atomic E-state index is 0.663. The van der Waals surface area contributed by atoms with Gasteiger partial charge < -0.3 is 10.6 Å². The first-order valence-electron chi connectivity index (χ1n) is 9.52. The van der Waals surface area contributed by atoms with Gasteiger partial charge in [0.25, 0.3) is 0 Å². The molecule has 0 aliphatic rings. The summed E-state index contributed by atoms with van der Waals surface area (Å²) in [6.45, 7) is 10.0. The maximum atomic E-state index is 5.61. The molecule has 3 aromatic rings. The fourth-order valence-corrected chi connectivity index (χ4v) is 2.63. The van der Waals surface area contributed by atoms with Crippen LogP contribution in [0, 0.1) is 18.3 Å². The molecule has 142 valence electrons. The number of fused-ring (bicyclic) bond motifs is 1. The van der Waals surface area contributed by atoms with Crippen molar-refractivity contribution in [3.63, 3.8) is 0 Å². The normalized spacial score (nSPS) is 10.2. The summed E-state index contributed by atoms with van der Waals surface area (Å²) in [5.74, 6) is 4.26. The van der Waals surface area contributed by atoms with Crippen LogP contribution in [-0.2, 0) is 6.54 Å². The van der Waals surface area contributed by atoms with E-state index >= 15 is 0 Å². The molecule has 0 aliphatic heterocycles. The predicted molar refractivity (Wildman–Crippen MR) is 114 cm³/mol. The van der Waals surface area contributed by atoms with E-state index in [4.69, 9.17) is 6.42 Å². The van der Waals surface area contributed by atoms with E-state index in [9.17, 15) is 0 Å². The molecule has 27 heavy (non-hydrogen) atoms. The zero-order valence-corrected chi connectivity index (χ0v) is 16.7. The highest BCUT2D eigenvalue weighted by atomic mass is 15.3. The van der Waals surface area contributed by atoms with Gasteiger partial charge in [-0.1, -0.05) is 39.7 Å². The molecule has 0 bridgehead atoms. The van der Waals surface area contributed by atoms with Crippen molar-refractivity contribution in [2.24, 2.45) is 5.92 Å². The Hall–Kier alpha value is -3.00. The first-order valence-corrected chi connectivity index (χ1v) is 9.52. The van der Waals surface area contributed by atoms with Crippen LogP contribution < -0.4 is 10.6 Å². The van der Waals surface area contributed by atoms with E-state index in [2.05, 4.69) is 52.6 Å². The van der Waals surface area contributed by atoms with Gasteiger partial charge in [-0.2, -0.15) is 5.10 Å². The molecule has 0 aromatic carbocycles. The van der Waals surface area contributed by atoms with Crippen molar-refractivity contribution in [1.29, 1.82) is 0 Å². The number of anilines is 2. The van der Waals surface area contributed by atoms with Crippen molar-refractivity contribution in [3.05, 3.63) is 54.0 Å². The summed E-state index contributed by atoms with van der Waals surface area (Å²) in [7, 11) is 0. The van der Waals surface area contributed by atoms with E-state index in [0.29, 0.717) is 12.5 Å².